The fourth-order valence-electron chi connectivity index (χ4n) is 9.54. The summed E-state index contributed by atoms with van der Waals surface area (Å²) in [6.45, 7) is 17.7. The first kappa shape index (κ1) is 45.2. The van der Waals surface area contributed by atoms with E-state index in [1.165, 1.54) is 11.1 Å². The van der Waals surface area contributed by atoms with E-state index in [9.17, 15) is 5.26 Å². The van der Waals surface area contributed by atoms with Crippen molar-refractivity contribution >= 4 is 72.1 Å². The van der Waals surface area contributed by atoms with Gasteiger partial charge in [-0.2, -0.15) is 5.26 Å². The zero-order chi connectivity index (χ0) is 48.1. The topological polar surface area (TPSA) is 53.1 Å². The van der Waals surface area contributed by atoms with Gasteiger partial charge in [-0.05, 0) is 157 Å². The molecule has 6 heteroatoms. The van der Waals surface area contributed by atoms with Gasteiger partial charge in [0.05, 0.1) is 42.8 Å². The van der Waals surface area contributed by atoms with E-state index in [2.05, 4.69) is 206 Å². The molecule has 6 nitrogen and oxygen atoms in total. The summed E-state index contributed by atoms with van der Waals surface area (Å²) in [4.78, 5) is 8.48. The lowest BCUT2D eigenvalue weighted by atomic mass is 9.85. The lowest BCUT2D eigenvalue weighted by Gasteiger charge is -2.31. The van der Waals surface area contributed by atoms with Crippen molar-refractivity contribution in [2.75, 3.05) is 23.0 Å². The van der Waals surface area contributed by atoms with Crippen molar-refractivity contribution in [1.29, 1.82) is 5.26 Å². The predicted molar refractivity (Wildman–Crippen MR) is 292 cm³/mol. The molecule has 70 heavy (non-hydrogen) atoms. The van der Waals surface area contributed by atoms with E-state index in [1.54, 1.807) is 0 Å². The van der Waals surface area contributed by atoms with E-state index in [4.69, 9.17) is 16.0 Å². The van der Waals surface area contributed by atoms with Crippen LogP contribution < -0.4 is 19.3 Å². The first-order valence-corrected chi connectivity index (χ1v) is 24.3. The highest BCUT2D eigenvalue weighted by molar-refractivity contribution is 6.32. The molecule has 10 aromatic rings. The maximum absolute atomic E-state index is 9.89. The highest BCUT2D eigenvalue weighted by Gasteiger charge is 2.26. The van der Waals surface area contributed by atoms with Gasteiger partial charge in [0, 0.05) is 44.3 Å². The lowest BCUT2D eigenvalue weighted by Crippen LogP contribution is -2.12. The van der Waals surface area contributed by atoms with Gasteiger partial charge < -0.3 is 19.3 Å². The quantitative estimate of drug-likeness (QED) is 0.0549. The van der Waals surface area contributed by atoms with Crippen LogP contribution in [-0.4, -0.2) is 13.2 Å². The largest absolute Gasteiger partial charge is 0.494 e. The molecule has 0 heterocycles. The molecule has 0 atom stereocenters. The summed E-state index contributed by atoms with van der Waals surface area (Å²) < 4.78 is 12.3. The molecule has 342 valence electrons. The number of rotatable bonds is 16. The average Bonchev–Trinajstić information content (AvgIpc) is 3.40. The molecular formula is C64H54N4O2. The Morgan fingerprint density at radius 1 is 0.471 bits per heavy atom. The van der Waals surface area contributed by atoms with E-state index in [0.29, 0.717) is 24.5 Å². The first-order chi connectivity index (χ1) is 34.3. The number of nitriles is 1. The number of aryl methyl sites for hydroxylation is 2. The normalized spacial score (nSPS) is 11.2. The van der Waals surface area contributed by atoms with E-state index in [1.807, 2.05) is 24.3 Å². The van der Waals surface area contributed by atoms with Crippen molar-refractivity contribution in [2.24, 2.45) is 0 Å². The Morgan fingerprint density at radius 3 is 1.21 bits per heavy atom. The molecule has 0 aliphatic rings. The van der Waals surface area contributed by atoms with E-state index in [-0.39, 0.29) is 0 Å². The number of hydrogen-bond acceptors (Lipinski definition) is 5. The molecule has 10 rings (SSSR count). The second kappa shape index (κ2) is 19.9. The molecule has 0 radical (unpaired) electrons. The Balaban J connectivity index is 1.31. The maximum Gasteiger partial charge on any atom is 0.187 e. The lowest BCUT2D eigenvalue weighted by molar-refractivity contribution is 0.309. The van der Waals surface area contributed by atoms with Crippen LogP contribution in [0.1, 0.15) is 56.2 Å². The van der Waals surface area contributed by atoms with Gasteiger partial charge in [0.15, 0.2) is 5.69 Å². The van der Waals surface area contributed by atoms with Crippen molar-refractivity contribution in [2.45, 2.75) is 53.4 Å². The van der Waals surface area contributed by atoms with Gasteiger partial charge in [0.1, 0.15) is 11.5 Å². The average molecular weight is 911 g/mol. The molecule has 0 amide bonds. The van der Waals surface area contributed by atoms with Gasteiger partial charge in [0.25, 0.3) is 0 Å². The van der Waals surface area contributed by atoms with Crippen LogP contribution in [0.3, 0.4) is 0 Å². The smallest absolute Gasteiger partial charge is 0.187 e. The van der Waals surface area contributed by atoms with Crippen molar-refractivity contribution < 1.29 is 9.47 Å². The van der Waals surface area contributed by atoms with Gasteiger partial charge in [-0.25, -0.2) is 4.85 Å². The number of ether oxygens (including phenoxy) is 2. The standard InChI is InChI=1S/C64H54N4O2/c1-6-8-38-69-53-30-26-51(27-31-53)67(49-22-10-43(3)11-23-49)61-40-59(46-16-14-45(42-65)15-17-46)55-34-36-58-62(41-60(47-18-20-48(66-5)21-19-47)56-35-37-57(61)63(55)64(56)58)68(50-24-12-44(4)13-25-50)52-28-32-54(33-29-52)70-39-9-7-2/h10-37,40-41H,6-9,38-39H2,1-4H3. The fraction of sp³-hybridized carbons (Fsp3) is 0.156. The van der Waals surface area contributed by atoms with Crippen molar-refractivity contribution in [3.63, 3.8) is 0 Å². The van der Waals surface area contributed by atoms with Crippen LogP contribution in [0, 0.1) is 31.8 Å². The molecule has 0 spiro atoms. The SMILES string of the molecule is [C-]#[N+]c1ccc(-c2cc(N(c3ccc(C)cc3)c3ccc(OCCCC)cc3)c3ccc4c(-c5ccc(C#N)cc5)cc(N(c5ccc(C)cc5)c5ccc(OCCCC)cc5)c5ccc2c3c45)cc1. The third-order valence-electron chi connectivity index (χ3n) is 13.3. The van der Waals surface area contributed by atoms with Crippen LogP contribution >= 0.6 is 0 Å². The van der Waals surface area contributed by atoms with E-state index in [0.717, 1.165) is 126 Å². The van der Waals surface area contributed by atoms with Gasteiger partial charge in [-0.3, -0.25) is 0 Å². The van der Waals surface area contributed by atoms with Gasteiger partial charge in [0.2, 0.25) is 0 Å². The molecule has 10 aromatic carbocycles. The molecule has 0 aliphatic carbocycles. The molecule has 0 unspecified atom stereocenters. The van der Waals surface area contributed by atoms with E-state index >= 15 is 0 Å². The molecule has 0 N–H and O–H groups in total. The number of benzene rings is 10. The summed E-state index contributed by atoms with van der Waals surface area (Å²) in [6, 6.07) is 66.4. The van der Waals surface area contributed by atoms with Crippen molar-refractivity contribution in [3.8, 4) is 39.8 Å². The molecule has 0 saturated heterocycles. The molecule has 0 fully saturated rings. The van der Waals surface area contributed by atoms with Crippen LogP contribution in [0.4, 0.5) is 39.8 Å². The van der Waals surface area contributed by atoms with Crippen LogP contribution in [0.2, 0.25) is 0 Å². The van der Waals surface area contributed by atoms with Gasteiger partial charge >= 0.3 is 0 Å². The summed E-state index contributed by atoms with van der Waals surface area (Å²) in [5.41, 5.74) is 13.8. The third-order valence-corrected chi connectivity index (χ3v) is 13.3. The Bertz CT molecular complexity index is 3280. The fourth-order valence-corrected chi connectivity index (χ4v) is 9.54. The third kappa shape index (κ3) is 8.84. The summed E-state index contributed by atoms with van der Waals surface area (Å²) >= 11 is 0. The predicted octanol–water partition coefficient (Wildman–Crippen LogP) is 18.3. The number of unbranched alkanes of at least 4 members (excludes halogenated alkanes) is 2. The minimum absolute atomic E-state index is 0.595. The van der Waals surface area contributed by atoms with Crippen LogP contribution in [0.15, 0.2) is 182 Å². The summed E-state index contributed by atoms with van der Waals surface area (Å²) in [7, 11) is 0. The first-order valence-electron chi connectivity index (χ1n) is 24.3. The van der Waals surface area contributed by atoms with Crippen molar-refractivity contribution in [3.05, 3.63) is 210 Å². The number of nitrogens with zero attached hydrogens (tertiary/aromatic N) is 4. The van der Waals surface area contributed by atoms with Crippen LogP contribution in [0.25, 0.3) is 59.4 Å². The van der Waals surface area contributed by atoms with Gasteiger partial charge in [-0.15, -0.1) is 0 Å². The highest BCUT2D eigenvalue weighted by atomic mass is 16.5. The molecule has 0 aliphatic heterocycles. The second-order valence-corrected chi connectivity index (χ2v) is 18.0. The van der Waals surface area contributed by atoms with Crippen LogP contribution in [0.5, 0.6) is 11.5 Å². The van der Waals surface area contributed by atoms with Crippen LogP contribution in [-0.2, 0) is 0 Å². The Hall–Kier alpha value is -8.58. The maximum atomic E-state index is 9.89. The van der Waals surface area contributed by atoms with Gasteiger partial charge in [-0.1, -0.05) is 123 Å². The zero-order valence-electron chi connectivity index (χ0n) is 40.2. The van der Waals surface area contributed by atoms with Crippen molar-refractivity contribution in [1.82, 2.24) is 0 Å². The number of hydrogen-bond donors (Lipinski definition) is 0. The number of anilines is 6. The Kier molecular flexibility index (Phi) is 12.9. The molecular weight excluding hydrogens is 857 g/mol. The summed E-state index contributed by atoms with van der Waals surface area (Å²) in [5.74, 6) is 1.69. The van der Waals surface area contributed by atoms with E-state index < -0.39 is 0 Å². The summed E-state index contributed by atoms with van der Waals surface area (Å²) in [5, 5.41) is 16.6. The summed E-state index contributed by atoms with van der Waals surface area (Å²) in [6.07, 6.45) is 4.13. The molecule has 0 aromatic heterocycles. The molecule has 0 bridgehead atoms. The Morgan fingerprint density at radius 2 is 0.843 bits per heavy atom. The minimum Gasteiger partial charge on any atom is -0.494 e. The highest BCUT2D eigenvalue weighted by Crippen LogP contribution is 2.52. The monoisotopic (exact) mass is 910 g/mol. The zero-order valence-corrected chi connectivity index (χ0v) is 40.2. The molecule has 0 saturated carbocycles. The minimum atomic E-state index is 0.595. The second-order valence-electron chi connectivity index (χ2n) is 18.0. The Labute approximate surface area is 411 Å².